The maximum atomic E-state index is 12.9. The van der Waals surface area contributed by atoms with E-state index in [0.29, 0.717) is 5.52 Å². The zero-order valence-corrected chi connectivity index (χ0v) is 21.6. The highest BCUT2D eigenvalue weighted by Crippen LogP contribution is 2.33. The van der Waals surface area contributed by atoms with Crippen molar-refractivity contribution >= 4 is 67.4 Å². The highest BCUT2D eigenvalue weighted by Gasteiger charge is 2.25. The summed E-state index contributed by atoms with van der Waals surface area (Å²) in [5.74, 6) is -0.598. The summed E-state index contributed by atoms with van der Waals surface area (Å²) in [6, 6.07) is 10.3. The molecule has 184 valence electrons. The first-order chi connectivity index (χ1) is 16.3. The molecule has 1 aliphatic rings. The molecule has 0 saturated carbocycles. The number of aromatic nitrogens is 3. The van der Waals surface area contributed by atoms with Crippen molar-refractivity contribution in [3.8, 4) is 0 Å². The van der Waals surface area contributed by atoms with Gasteiger partial charge in [-0.15, -0.1) is 12.4 Å². The minimum absolute atomic E-state index is 0. The molecule has 2 aromatic heterocycles. The first kappa shape index (κ1) is 25.4. The molecule has 1 aliphatic heterocycles. The Balaban J connectivity index is 0.00000289. The number of hydrogen-bond donors (Lipinski definition) is 2. The smallest absolute Gasteiger partial charge is 0.408 e. The first-order valence-electron chi connectivity index (χ1n) is 10.5. The zero-order valence-electron chi connectivity index (χ0n) is 18.4. The average molecular weight is 554 g/mol. The molecule has 0 spiro atoms. The third kappa shape index (κ3) is 4.87. The maximum absolute atomic E-state index is 12.9. The van der Waals surface area contributed by atoms with Gasteiger partial charge in [-0.05, 0) is 42.7 Å². The molecule has 9 nitrogen and oxygen atoms in total. The Morgan fingerprint density at radius 3 is 2.80 bits per heavy atom. The van der Waals surface area contributed by atoms with Crippen LogP contribution in [0.1, 0.15) is 30.5 Å². The Kier molecular flexibility index (Phi) is 7.34. The molecular formula is C22H21Cl2N5O4S2. The number of oxazole rings is 1. The zero-order chi connectivity index (χ0) is 23.9. The number of nitrogens with zero attached hydrogens (tertiary/aromatic N) is 3. The van der Waals surface area contributed by atoms with Crippen molar-refractivity contribution in [2.24, 2.45) is 0 Å². The summed E-state index contributed by atoms with van der Waals surface area (Å²) >= 11 is 7.28. The Labute approximate surface area is 216 Å². The van der Waals surface area contributed by atoms with E-state index in [0.717, 1.165) is 42.2 Å². The number of hydrogen-bond acceptors (Lipinski definition) is 8. The summed E-state index contributed by atoms with van der Waals surface area (Å²) in [5, 5.41) is 3.37. The van der Waals surface area contributed by atoms with Gasteiger partial charge in [0.05, 0.1) is 16.6 Å². The molecule has 2 N–H and O–H groups in total. The van der Waals surface area contributed by atoms with Crippen LogP contribution in [0.15, 0.2) is 62.9 Å². The van der Waals surface area contributed by atoms with Gasteiger partial charge in [-0.3, -0.25) is 9.29 Å². The van der Waals surface area contributed by atoms with Gasteiger partial charge in [-0.2, -0.15) is 4.37 Å². The lowest BCUT2D eigenvalue weighted by Gasteiger charge is -2.21. The first-order valence-corrected chi connectivity index (χ1v) is 13.1. The number of halogens is 2. The van der Waals surface area contributed by atoms with E-state index in [9.17, 15) is 13.2 Å². The minimum Gasteiger partial charge on any atom is -0.408 e. The molecule has 0 bridgehead atoms. The largest absolute Gasteiger partial charge is 0.420 e. The summed E-state index contributed by atoms with van der Waals surface area (Å²) in [4.78, 5) is 16.5. The van der Waals surface area contributed by atoms with Crippen LogP contribution in [0.4, 0.5) is 5.13 Å². The van der Waals surface area contributed by atoms with Crippen LogP contribution in [-0.4, -0.2) is 35.4 Å². The molecule has 35 heavy (non-hydrogen) atoms. The van der Waals surface area contributed by atoms with E-state index < -0.39 is 15.8 Å². The number of sulfonamides is 1. The quantitative estimate of drug-likeness (QED) is 0.365. The van der Waals surface area contributed by atoms with Crippen LogP contribution < -0.4 is 15.8 Å². The summed E-state index contributed by atoms with van der Waals surface area (Å²) in [6.07, 6.45) is 4.29. The van der Waals surface area contributed by atoms with Crippen LogP contribution in [0.25, 0.3) is 16.7 Å². The van der Waals surface area contributed by atoms with E-state index in [-0.39, 0.29) is 39.1 Å². The van der Waals surface area contributed by atoms with Gasteiger partial charge in [-0.25, -0.2) is 18.2 Å². The second-order valence-electron chi connectivity index (χ2n) is 7.79. The van der Waals surface area contributed by atoms with E-state index in [2.05, 4.69) is 25.5 Å². The van der Waals surface area contributed by atoms with Gasteiger partial charge in [0, 0.05) is 24.1 Å². The van der Waals surface area contributed by atoms with E-state index in [1.807, 2.05) is 31.2 Å². The molecule has 0 fully saturated rings. The number of nitrogens with one attached hydrogen (secondary N) is 2. The summed E-state index contributed by atoms with van der Waals surface area (Å²) in [7, 11) is -4.06. The van der Waals surface area contributed by atoms with E-state index in [1.54, 1.807) is 0 Å². The molecule has 4 aromatic rings. The van der Waals surface area contributed by atoms with Gasteiger partial charge in [0.1, 0.15) is 11.2 Å². The minimum atomic E-state index is -4.06. The predicted octanol–water partition coefficient (Wildman–Crippen LogP) is 4.31. The number of anilines is 1. The fourth-order valence-corrected chi connectivity index (χ4v) is 6.36. The molecule has 1 atom stereocenters. The van der Waals surface area contributed by atoms with Crippen LogP contribution in [0.5, 0.6) is 0 Å². The molecule has 0 saturated heterocycles. The maximum Gasteiger partial charge on any atom is 0.420 e. The standard InChI is InChI=1S/C22H20ClN5O4S2.ClH/c1-13(15-4-2-3-5-16(15)14-6-8-24-9-7-14)28-18-10-17(23)20(11-19(18)32-22(28)29)34(30,31)27-21-25-12-26-33-21;/h2-6,10-13,24H,7-9H2,1H3,(H,25,26,27);1H. The third-order valence-electron chi connectivity index (χ3n) is 5.75. The number of fused-ring (bicyclic) bond motifs is 1. The van der Waals surface area contributed by atoms with Crippen molar-refractivity contribution in [1.82, 2.24) is 19.2 Å². The normalized spacial score (nSPS) is 14.9. The average Bonchev–Trinajstić information content (AvgIpc) is 3.44. The van der Waals surface area contributed by atoms with Crippen molar-refractivity contribution in [1.29, 1.82) is 0 Å². The van der Waals surface area contributed by atoms with Crippen LogP contribution >= 0.6 is 35.5 Å². The second-order valence-corrected chi connectivity index (χ2v) is 10.6. The number of benzene rings is 2. The van der Waals surface area contributed by atoms with Crippen molar-refractivity contribution in [2.75, 3.05) is 17.8 Å². The van der Waals surface area contributed by atoms with E-state index in [1.165, 1.54) is 28.6 Å². The Morgan fingerprint density at radius 2 is 2.09 bits per heavy atom. The van der Waals surface area contributed by atoms with Gasteiger partial charge in [0.15, 0.2) is 5.58 Å². The molecule has 2 aromatic carbocycles. The van der Waals surface area contributed by atoms with E-state index >= 15 is 0 Å². The van der Waals surface area contributed by atoms with Gasteiger partial charge < -0.3 is 9.73 Å². The van der Waals surface area contributed by atoms with Gasteiger partial charge in [0.25, 0.3) is 10.0 Å². The highest BCUT2D eigenvalue weighted by atomic mass is 35.5. The molecule has 0 amide bonds. The lowest BCUT2D eigenvalue weighted by molar-refractivity contribution is 0.489. The molecule has 0 radical (unpaired) electrons. The fraction of sp³-hybridized carbons (Fsp3) is 0.227. The van der Waals surface area contributed by atoms with Crippen molar-refractivity contribution < 1.29 is 12.8 Å². The molecular weight excluding hydrogens is 533 g/mol. The molecule has 13 heteroatoms. The Hall–Kier alpha value is -2.70. The van der Waals surface area contributed by atoms with Gasteiger partial charge in [0.2, 0.25) is 5.13 Å². The van der Waals surface area contributed by atoms with Crippen LogP contribution in [0.3, 0.4) is 0 Å². The Bertz CT molecular complexity index is 1560. The summed E-state index contributed by atoms with van der Waals surface area (Å²) in [6.45, 7) is 3.60. The third-order valence-corrected chi connectivity index (χ3v) is 8.26. The van der Waals surface area contributed by atoms with Crippen LogP contribution in [-0.2, 0) is 10.0 Å². The second kappa shape index (κ2) is 10.1. The summed E-state index contributed by atoms with van der Waals surface area (Å²) in [5.41, 5.74) is 3.79. The molecule has 3 heterocycles. The molecule has 1 unspecified atom stereocenters. The lowest BCUT2D eigenvalue weighted by Crippen LogP contribution is -2.22. The van der Waals surface area contributed by atoms with E-state index in [4.69, 9.17) is 16.0 Å². The van der Waals surface area contributed by atoms with Crippen molar-refractivity contribution in [2.45, 2.75) is 24.3 Å². The van der Waals surface area contributed by atoms with Gasteiger partial charge in [-0.1, -0.05) is 41.9 Å². The van der Waals surface area contributed by atoms with Crippen LogP contribution in [0, 0.1) is 0 Å². The fourth-order valence-electron chi connectivity index (χ4n) is 4.16. The van der Waals surface area contributed by atoms with Crippen molar-refractivity contribution in [3.05, 3.63) is 75.5 Å². The highest BCUT2D eigenvalue weighted by molar-refractivity contribution is 7.93. The SMILES string of the molecule is CC(c1ccccc1C1=CCNCC1)n1c(=O)oc2cc(S(=O)(=O)Nc3ncns3)c(Cl)cc21.Cl. The van der Waals surface area contributed by atoms with Crippen molar-refractivity contribution in [3.63, 3.8) is 0 Å². The lowest BCUT2D eigenvalue weighted by atomic mass is 9.92. The number of rotatable bonds is 6. The molecule has 5 rings (SSSR count). The van der Waals surface area contributed by atoms with Crippen LogP contribution in [0.2, 0.25) is 5.02 Å². The Morgan fingerprint density at radius 1 is 1.29 bits per heavy atom. The topological polar surface area (TPSA) is 119 Å². The summed E-state index contributed by atoms with van der Waals surface area (Å²) < 4.78 is 38.7. The molecule has 0 aliphatic carbocycles. The predicted molar refractivity (Wildman–Crippen MR) is 139 cm³/mol. The monoisotopic (exact) mass is 553 g/mol. The van der Waals surface area contributed by atoms with Gasteiger partial charge >= 0.3 is 5.76 Å².